The summed E-state index contributed by atoms with van der Waals surface area (Å²) >= 11 is 0. The molecule has 1 aromatic carbocycles. The highest BCUT2D eigenvalue weighted by atomic mass is 15.2. The van der Waals surface area contributed by atoms with E-state index in [1.165, 1.54) is 16.3 Å². The van der Waals surface area contributed by atoms with Gasteiger partial charge in [0, 0.05) is 49.5 Å². The summed E-state index contributed by atoms with van der Waals surface area (Å²) in [6.07, 6.45) is 3.79. The molecule has 1 aromatic heterocycles. The Morgan fingerprint density at radius 1 is 1.16 bits per heavy atom. The van der Waals surface area contributed by atoms with Gasteiger partial charge in [-0.2, -0.15) is 0 Å². The second-order valence-corrected chi connectivity index (χ2v) is 5.59. The van der Waals surface area contributed by atoms with Gasteiger partial charge in [-0.15, -0.1) is 0 Å². The molecule has 0 radical (unpaired) electrons. The molecule has 0 unspecified atom stereocenters. The number of rotatable bonds is 2. The van der Waals surface area contributed by atoms with Crippen molar-refractivity contribution < 1.29 is 0 Å². The maximum absolute atomic E-state index is 4.16. The molecule has 0 aliphatic carbocycles. The molecule has 100 valence electrons. The van der Waals surface area contributed by atoms with Gasteiger partial charge < -0.3 is 5.32 Å². The van der Waals surface area contributed by atoms with E-state index in [-0.39, 0.29) is 0 Å². The van der Waals surface area contributed by atoms with Crippen molar-refractivity contribution in [3.05, 3.63) is 42.2 Å². The first-order chi connectivity index (χ1) is 9.24. The van der Waals surface area contributed by atoms with Gasteiger partial charge in [0.05, 0.1) is 0 Å². The fourth-order valence-corrected chi connectivity index (χ4v) is 2.92. The molecule has 1 aliphatic rings. The maximum Gasteiger partial charge on any atom is 0.0346 e. The molecule has 2 aromatic rings. The summed E-state index contributed by atoms with van der Waals surface area (Å²) in [7, 11) is 0. The lowest BCUT2D eigenvalue weighted by Gasteiger charge is -2.39. The van der Waals surface area contributed by atoms with E-state index in [0.29, 0.717) is 12.1 Å². The Balaban J connectivity index is 1.84. The third kappa shape index (κ3) is 2.62. The van der Waals surface area contributed by atoms with E-state index in [0.717, 1.165) is 19.6 Å². The summed E-state index contributed by atoms with van der Waals surface area (Å²) in [5.41, 5.74) is 1.39. The summed E-state index contributed by atoms with van der Waals surface area (Å²) in [5, 5.41) is 5.98. The zero-order valence-electron chi connectivity index (χ0n) is 11.6. The zero-order chi connectivity index (χ0) is 13.2. The van der Waals surface area contributed by atoms with Gasteiger partial charge in [-0.1, -0.05) is 12.1 Å². The highest BCUT2D eigenvalue weighted by molar-refractivity contribution is 5.81. The second-order valence-electron chi connectivity index (χ2n) is 5.59. The van der Waals surface area contributed by atoms with E-state index >= 15 is 0 Å². The molecule has 3 heteroatoms. The van der Waals surface area contributed by atoms with Crippen LogP contribution in [0.15, 0.2) is 36.7 Å². The minimum atomic E-state index is 0.594. The Morgan fingerprint density at radius 3 is 2.74 bits per heavy atom. The monoisotopic (exact) mass is 255 g/mol. The molecule has 2 atom stereocenters. The molecular weight excluding hydrogens is 234 g/mol. The lowest BCUT2D eigenvalue weighted by atomic mass is 10.1. The van der Waals surface area contributed by atoms with E-state index < -0.39 is 0 Å². The normalized spacial score (nSPS) is 24.7. The average Bonchev–Trinajstić information content (AvgIpc) is 2.43. The maximum atomic E-state index is 4.16. The highest BCUT2D eigenvalue weighted by Gasteiger charge is 2.24. The molecule has 0 amide bonds. The molecule has 19 heavy (non-hydrogen) atoms. The Kier molecular flexibility index (Phi) is 3.49. The molecule has 0 bridgehead atoms. The summed E-state index contributed by atoms with van der Waals surface area (Å²) < 4.78 is 0. The fraction of sp³-hybridized carbons (Fsp3) is 0.438. The van der Waals surface area contributed by atoms with E-state index in [1.807, 2.05) is 12.4 Å². The van der Waals surface area contributed by atoms with Crippen LogP contribution in [0.4, 0.5) is 0 Å². The smallest absolute Gasteiger partial charge is 0.0346 e. The molecule has 3 nitrogen and oxygen atoms in total. The zero-order valence-corrected chi connectivity index (χ0v) is 11.6. The van der Waals surface area contributed by atoms with Crippen LogP contribution in [-0.4, -0.2) is 35.1 Å². The standard InChI is InChI=1S/C16H21N3/c1-12-8-18-9-13(2)19(12)11-14-3-4-16-10-17-6-5-15(16)7-14/h3-7,10,12-13,18H,8-9,11H2,1-2H3/t12-,13-/m1/s1. The van der Waals surface area contributed by atoms with Crippen molar-refractivity contribution in [1.29, 1.82) is 0 Å². The molecule has 0 saturated carbocycles. The Morgan fingerprint density at radius 2 is 1.95 bits per heavy atom. The number of nitrogens with one attached hydrogen (secondary N) is 1. The van der Waals surface area contributed by atoms with Gasteiger partial charge in [-0.05, 0) is 36.9 Å². The van der Waals surface area contributed by atoms with Crippen LogP contribution in [0.2, 0.25) is 0 Å². The van der Waals surface area contributed by atoms with E-state index in [2.05, 4.69) is 53.3 Å². The third-order valence-corrected chi connectivity index (χ3v) is 4.08. The number of piperazine rings is 1. The van der Waals surface area contributed by atoms with Crippen molar-refractivity contribution in [2.24, 2.45) is 0 Å². The largest absolute Gasteiger partial charge is 0.314 e. The van der Waals surface area contributed by atoms with Crippen LogP contribution in [-0.2, 0) is 6.54 Å². The first kappa shape index (κ1) is 12.6. The van der Waals surface area contributed by atoms with Crippen LogP contribution in [0.1, 0.15) is 19.4 Å². The van der Waals surface area contributed by atoms with Crippen molar-refractivity contribution in [1.82, 2.24) is 15.2 Å². The van der Waals surface area contributed by atoms with Gasteiger partial charge in [-0.25, -0.2) is 0 Å². The van der Waals surface area contributed by atoms with Crippen LogP contribution in [0.5, 0.6) is 0 Å². The number of benzene rings is 1. The molecule has 3 rings (SSSR count). The van der Waals surface area contributed by atoms with Crippen molar-refractivity contribution in [2.75, 3.05) is 13.1 Å². The number of pyridine rings is 1. The molecule has 1 fully saturated rings. The van der Waals surface area contributed by atoms with Crippen molar-refractivity contribution in [3.63, 3.8) is 0 Å². The molecule has 1 saturated heterocycles. The van der Waals surface area contributed by atoms with E-state index in [9.17, 15) is 0 Å². The summed E-state index contributed by atoms with van der Waals surface area (Å²) in [6.45, 7) is 7.80. The number of fused-ring (bicyclic) bond motifs is 1. The quantitative estimate of drug-likeness (QED) is 0.893. The summed E-state index contributed by atoms with van der Waals surface area (Å²) in [6, 6.07) is 9.97. The van der Waals surface area contributed by atoms with Crippen LogP contribution in [0.3, 0.4) is 0 Å². The first-order valence-electron chi connectivity index (χ1n) is 7.03. The second kappa shape index (κ2) is 5.27. The van der Waals surface area contributed by atoms with Crippen LogP contribution < -0.4 is 5.32 Å². The Hall–Kier alpha value is -1.45. The average molecular weight is 255 g/mol. The van der Waals surface area contributed by atoms with Crippen LogP contribution in [0, 0.1) is 0 Å². The predicted molar refractivity (Wildman–Crippen MR) is 79.1 cm³/mol. The summed E-state index contributed by atoms with van der Waals surface area (Å²) in [4.78, 5) is 6.75. The van der Waals surface area contributed by atoms with Crippen LogP contribution in [0.25, 0.3) is 10.8 Å². The molecule has 1 aliphatic heterocycles. The lowest BCUT2D eigenvalue weighted by molar-refractivity contribution is 0.109. The van der Waals surface area contributed by atoms with Gasteiger partial charge in [0.25, 0.3) is 0 Å². The number of aromatic nitrogens is 1. The Bertz CT molecular complexity index is 557. The van der Waals surface area contributed by atoms with Crippen molar-refractivity contribution in [2.45, 2.75) is 32.5 Å². The molecule has 0 spiro atoms. The number of hydrogen-bond acceptors (Lipinski definition) is 3. The summed E-state index contributed by atoms with van der Waals surface area (Å²) in [5.74, 6) is 0. The first-order valence-corrected chi connectivity index (χ1v) is 7.03. The van der Waals surface area contributed by atoms with Crippen LogP contribution >= 0.6 is 0 Å². The Labute approximate surface area is 114 Å². The highest BCUT2D eigenvalue weighted by Crippen LogP contribution is 2.19. The van der Waals surface area contributed by atoms with Gasteiger partial charge in [0.15, 0.2) is 0 Å². The van der Waals surface area contributed by atoms with Gasteiger partial charge >= 0.3 is 0 Å². The van der Waals surface area contributed by atoms with Gasteiger partial charge in [0.1, 0.15) is 0 Å². The molecule has 2 heterocycles. The van der Waals surface area contributed by atoms with Crippen molar-refractivity contribution >= 4 is 10.8 Å². The third-order valence-electron chi connectivity index (χ3n) is 4.08. The number of nitrogens with zero attached hydrogens (tertiary/aromatic N) is 2. The van der Waals surface area contributed by atoms with Gasteiger partial charge in [0.2, 0.25) is 0 Å². The van der Waals surface area contributed by atoms with Crippen molar-refractivity contribution in [3.8, 4) is 0 Å². The molecule has 1 N–H and O–H groups in total. The minimum absolute atomic E-state index is 0.594. The number of hydrogen-bond donors (Lipinski definition) is 1. The van der Waals surface area contributed by atoms with E-state index in [1.54, 1.807) is 0 Å². The minimum Gasteiger partial charge on any atom is -0.314 e. The SMILES string of the molecule is C[C@@H]1CNC[C@@H](C)N1Cc1ccc2cnccc2c1. The van der Waals surface area contributed by atoms with E-state index in [4.69, 9.17) is 0 Å². The topological polar surface area (TPSA) is 28.2 Å². The molecular formula is C16H21N3. The lowest BCUT2D eigenvalue weighted by Crippen LogP contribution is -2.54. The predicted octanol–water partition coefficient (Wildman–Crippen LogP) is 2.42. The fourth-order valence-electron chi connectivity index (χ4n) is 2.92. The van der Waals surface area contributed by atoms with Gasteiger partial charge in [-0.3, -0.25) is 9.88 Å².